The highest BCUT2D eigenvalue weighted by Crippen LogP contribution is 2.18. The third kappa shape index (κ3) is 5.19. The van der Waals surface area contributed by atoms with Crippen LogP contribution in [0.4, 0.5) is 0 Å². The van der Waals surface area contributed by atoms with Crippen LogP contribution in [0.25, 0.3) is 0 Å². The van der Waals surface area contributed by atoms with Gasteiger partial charge >= 0.3 is 0 Å². The number of nitrogens with two attached hydrogens (primary N) is 1. The van der Waals surface area contributed by atoms with E-state index in [1.165, 1.54) is 16.7 Å². The van der Waals surface area contributed by atoms with E-state index >= 15 is 0 Å². The lowest BCUT2D eigenvalue weighted by atomic mass is 10.1. The molecule has 0 aliphatic carbocycles. The molecular weight excluding hydrogens is 320 g/mol. The number of rotatable bonds is 8. The van der Waals surface area contributed by atoms with Crippen molar-refractivity contribution in [3.05, 3.63) is 101 Å². The third-order valence-corrected chi connectivity index (χ3v) is 4.45. The maximum absolute atomic E-state index is 5.71. The second-order valence-corrected chi connectivity index (χ2v) is 6.50. The Balaban J connectivity index is 1.77. The van der Waals surface area contributed by atoms with E-state index in [1.54, 1.807) is 7.11 Å². The van der Waals surface area contributed by atoms with Crippen LogP contribution in [0.5, 0.6) is 5.75 Å². The molecule has 3 heteroatoms. The molecule has 26 heavy (non-hydrogen) atoms. The van der Waals surface area contributed by atoms with E-state index in [0.29, 0.717) is 6.54 Å². The molecule has 0 atom stereocenters. The molecule has 0 aliphatic heterocycles. The lowest BCUT2D eigenvalue weighted by molar-refractivity contribution is 0.247. The zero-order valence-corrected chi connectivity index (χ0v) is 15.3. The van der Waals surface area contributed by atoms with Crippen molar-refractivity contribution in [1.82, 2.24) is 4.90 Å². The average Bonchev–Trinajstić information content (AvgIpc) is 2.69. The summed E-state index contributed by atoms with van der Waals surface area (Å²) in [6.45, 7) is 3.23. The van der Waals surface area contributed by atoms with Crippen LogP contribution < -0.4 is 10.5 Å². The SMILES string of the molecule is COc1cccc(CN(Cc2ccccc2)Cc2ccc(CN)cc2)c1. The predicted molar refractivity (Wildman–Crippen MR) is 107 cm³/mol. The van der Waals surface area contributed by atoms with Gasteiger partial charge in [0.25, 0.3) is 0 Å². The second kappa shape index (κ2) is 9.18. The van der Waals surface area contributed by atoms with E-state index in [4.69, 9.17) is 10.5 Å². The van der Waals surface area contributed by atoms with E-state index in [-0.39, 0.29) is 0 Å². The van der Waals surface area contributed by atoms with Crippen molar-refractivity contribution in [2.24, 2.45) is 5.73 Å². The number of methoxy groups -OCH3 is 1. The summed E-state index contributed by atoms with van der Waals surface area (Å²) in [6, 6.07) is 27.5. The molecule has 0 heterocycles. The van der Waals surface area contributed by atoms with Crippen molar-refractivity contribution in [2.45, 2.75) is 26.2 Å². The molecule has 0 fully saturated rings. The van der Waals surface area contributed by atoms with Gasteiger partial charge in [-0.05, 0) is 34.4 Å². The van der Waals surface area contributed by atoms with Gasteiger partial charge in [-0.3, -0.25) is 4.90 Å². The maximum Gasteiger partial charge on any atom is 0.119 e. The van der Waals surface area contributed by atoms with Crippen LogP contribution in [0, 0.1) is 0 Å². The quantitative estimate of drug-likeness (QED) is 0.659. The van der Waals surface area contributed by atoms with E-state index in [0.717, 1.165) is 30.9 Å². The molecule has 0 unspecified atom stereocenters. The van der Waals surface area contributed by atoms with Gasteiger partial charge < -0.3 is 10.5 Å². The van der Waals surface area contributed by atoms with Gasteiger partial charge in [0, 0.05) is 26.2 Å². The van der Waals surface area contributed by atoms with Crippen LogP contribution in [-0.2, 0) is 26.2 Å². The molecule has 0 spiro atoms. The van der Waals surface area contributed by atoms with Gasteiger partial charge in [0.1, 0.15) is 5.75 Å². The molecular formula is C23H26N2O. The van der Waals surface area contributed by atoms with E-state index in [9.17, 15) is 0 Å². The molecule has 0 aliphatic rings. The Kier molecular flexibility index (Phi) is 6.42. The minimum atomic E-state index is 0.581. The Labute approximate surface area is 156 Å². The molecule has 134 valence electrons. The zero-order valence-electron chi connectivity index (χ0n) is 15.3. The molecule has 0 saturated heterocycles. The molecule has 0 radical (unpaired) electrons. The van der Waals surface area contributed by atoms with Crippen LogP contribution in [0.1, 0.15) is 22.3 Å². The number of hydrogen-bond acceptors (Lipinski definition) is 3. The molecule has 0 bridgehead atoms. The van der Waals surface area contributed by atoms with Gasteiger partial charge in [0.2, 0.25) is 0 Å². The highest BCUT2D eigenvalue weighted by molar-refractivity contribution is 5.29. The molecule has 2 N–H and O–H groups in total. The fraction of sp³-hybridized carbons (Fsp3) is 0.217. The number of hydrogen-bond donors (Lipinski definition) is 1. The molecule has 3 aromatic carbocycles. The molecule has 0 amide bonds. The van der Waals surface area contributed by atoms with Crippen LogP contribution in [-0.4, -0.2) is 12.0 Å². The number of ether oxygens (including phenoxy) is 1. The Bertz CT molecular complexity index is 800. The summed E-state index contributed by atoms with van der Waals surface area (Å²) in [5, 5.41) is 0. The van der Waals surface area contributed by atoms with Crippen molar-refractivity contribution >= 4 is 0 Å². The monoisotopic (exact) mass is 346 g/mol. The van der Waals surface area contributed by atoms with Gasteiger partial charge in [-0.1, -0.05) is 66.7 Å². The first-order chi connectivity index (χ1) is 12.8. The van der Waals surface area contributed by atoms with E-state index in [2.05, 4.69) is 71.6 Å². The minimum Gasteiger partial charge on any atom is -0.497 e. The van der Waals surface area contributed by atoms with Crippen LogP contribution in [0.2, 0.25) is 0 Å². The fourth-order valence-corrected chi connectivity index (χ4v) is 3.08. The first-order valence-electron chi connectivity index (χ1n) is 8.94. The summed E-state index contributed by atoms with van der Waals surface area (Å²) < 4.78 is 5.37. The van der Waals surface area contributed by atoms with Crippen molar-refractivity contribution in [3.8, 4) is 5.75 Å². The lowest BCUT2D eigenvalue weighted by Crippen LogP contribution is -2.22. The van der Waals surface area contributed by atoms with Gasteiger partial charge in [0.05, 0.1) is 7.11 Å². The molecule has 0 aromatic heterocycles. The van der Waals surface area contributed by atoms with Crippen molar-refractivity contribution in [1.29, 1.82) is 0 Å². The first-order valence-corrected chi connectivity index (χ1v) is 8.94. The fourth-order valence-electron chi connectivity index (χ4n) is 3.08. The molecule has 0 saturated carbocycles. The van der Waals surface area contributed by atoms with Crippen molar-refractivity contribution in [2.75, 3.05) is 7.11 Å². The summed E-state index contributed by atoms with van der Waals surface area (Å²) in [6.07, 6.45) is 0. The number of nitrogens with zero attached hydrogens (tertiary/aromatic N) is 1. The standard InChI is InChI=1S/C23H26N2O/c1-26-23-9-5-8-22(14-23)18-25(16-20-6-3-2-4-7-20)17-21-12-10-19(15-24)11-13-21/h2-14H,15-18,24H2,1H3. The molecule has 3 rings (SSSR count). The summed E-state index contributed by atoms with van der Waals surface area (Å²) in [5.41, 5.74) is 10.7. The highest BCUT2D eigenvalue weighted by atomic mass is 16.5. The van der Waals surface area contributed by atoms with Gasteiger partial charge in [-0.15, -0.1) is 0 Å². The predicted octanol–water partition coefficient (Wildman–Crippen LogP) is 4.36. The molecule has 3 aromatic rings. The lowest BCUT2D eigenvalue weighted by Gasteiger charge is -2.23. The highest BCUT2D eigenvalue weighted by Gasteiger charge is 2.09. The Morgan fingerprint density at radius 3 is 1.92 bits per heavy atom. The van der Waals surface area contributed by atoms with Crippen LogP contribution in [0.3, 0.4) is 0 Å². The smallest absolute Gasteiger partial charge is 0.119 e. The average molecular weight is 346 g/mol. The van der Waals surface area contributed by atoms with E-state index < -0.39 is 0 Å². The summed E-state index contributed by atoms with van der Waals surface area (Å²) >= 11 is 0. The molecule has 3 nitrogen and oxygen atoms in total. The maximum atomic E-state index is 5.71. The van der Waals surface area contributed by atoms with Gasteiger partial charge in [-0.2, -0.15) is 0 Å². The Morgan fingerprint density at radius 2 is 1.27 bits per heavy atom. The van der Waals surface area contributed by atoms with E-state index in [1.807, 2.05) is 12.1 Å². The van der Waals surface area contributed by atoms with Crippen LogP contribution in [0.15, 0.2) is 78.9 Å². The van der Waals surface area contributed by atoms with Crippen molar-refractivity contribution < 1.29 is 4.74 Å². The third-order valence-electron chi connectivity index (χ3n) is 4.45. The van der Waals surface area contributed by atoms with Gasteiger partial charge in [0.15, 0.2) is 0 Å². The number of benzene rings is 3. The largest absolute Gasteiger partial charge is 0.497 e. The normalized spacial score (nSPS) is 10.9. The second-order valence-electron chi connectivity index (χ2n) is 6.50. The van der Waals surface area contributed by atoms with Crippen molar-refractivity contribution in [3.63, 3.8) is 0 Å². The Morgan fingerprint density at radius 1 is 0.692 bits per heavy atom. The summed E-state index contributed by atoms with van der Waals surface area (Å²) in [5.74, 6) is 0.898. The summed E-state index contributed by atoms with van der Waals surface area (Å²) in [7, 11) is 1.71. The zero-order chi connectivity index (χ0) is 18.2. The Hall–Kier alpha value is -2.62. The topological polar surface area (TPSA) is 38.5 Å². The van der Waals surface area contributed by atoms with Crippen LogP contribution >= 0.6 is 0 Å². The summed E-state index contributed by atoms with van der Waals surface area (Å²) in [4.78, 5) is 2.45. The minimum absolute atomic E-state index is 0.581. The van der Waals surface area contributed by atoms with Gasteiger partial charge in [-0.25, -0.2) is 0 Å². The first kappa shape index (κ1) is 18.2.